The van der Waals surface area contributed by atoms with Crippen molar-refractivity contribution in [2.45, 2.75) is 24.3 Å². The molecule has 1 saturated heterocycles. The second-order valence-corrected chi connectivity index (χ2v) is 8.09. The van der Waals surface area contributed by atoms with Crippen LogP contribution < -0.4 is 9.64 Å². The Bertz CT molecular complexity index is 769. The van der Waals surface area contributed by atoms with Gasteiger partial charge in [0.15, 0.2) is 11.0 Å². The Kier molecular flexibility index (Phi) is 6.38. The van der Waals surface area contributed by atoms with E-state index in [1.807, 2.05) is 47.7 Å². The molecule has 1 N–H and O–H groups in total. The number of hydrogen-bond acceptors (Lipinski definition) is 5. The Hall–Kier alpha value is -2.06. The van der Waals surface area contributed by atoms with Crippen molar-refractivity contribution >= 4 is 17.7 Å². The maximum absolute atomic E-state index is 12.8. The van der Waals surface area contributed by atoms with E-state index in [0.29, 0.717) is 0 Å². The van der Waals surface area contributed by atoms with Gasteiger partial charge in [-0.05, 0) is 38.1 Å². The van der Waals surface area contributed by atoms with Crippen molar-refractivity contribution in [1.29, 1.82) is 0 Å². The van der Waals surface area contributed by atoms with E-state index in [1.54, 1.807) is 12.0 Å². The van der Waals surface area contributed by atoms with Crippen LogP contribution in [0.1, 0.15) is 13.8 Å². The molecule has 0 saturated carbocycles. The molecule has 1 atom stereocenters. The van der Waals surface area contributed by atoms with Gasteiger partial charge in [0, 0.05) is 12.6 Å². The highest BCUT2D eigenvalue weighted by Crippen LogP contribution is 2.27. The number of carbonyl (C=O) groups excluding carboxylic acids is 1. The van der Waals surface area contributed by atoms with Gasteiger partial charge < -0.3 is 19.1 Å². The highest BCUT2D eigenvalue weighted by molar-refractivity contribution is 8.00. The van der Waals surface area contributed by atoms with E-state index in [2.05, 4.69) is 17.1 Å². The van der Waals surface area contributed by atoms with E-state index < -0.39 is 0 Å². The number of rotatable bonds is 6. The van der Waals surface area contributed by atoms with Gasteiger partial charge in [0.05, 0.1) is 45.1 Å². The Morgan fingerprint density at radius 3 is 2.52 bits per heavy atom. The fourth-order valence-corrected chi connectivity index (χ4v) is 4.17. The third kappa shape index (κ3) is 4.44. The first-order chi connectivity index (χ1) is 13.0. The number of nitrogens with one attached hydrogen (secondary N) is 1. The smallest absolute Gasteiger partial charge is 0.236 e. The Labute approximate surface area is 164 Å². The van der Waals surface area contributed by atoms with Crippen molar-refractivity contribution in [3.8, 4) is 17.1 Å². The zero-order valence-electron chi connectivity index (χ0n) is 16.4. The van der Waals surface area contributed by atoms with E-state index in [4.69, 9.17) is 4.74 Å². The van der Waals surface area contributed by atoms with Crippen LogP contribution in [0.25, 0.3) is 11.4 Å². The van der Waals surface area contributed by atoms with Gasteiger partial charge in [0.25, 0.3) is 0 Å². The molecule has 0 aliphatic carbocycles. The average Bonchev–Trinajstić information content (AvgIpc) is 3.07. The number of nitrogens with zero attached hydrogens (tertiary/aromatic N) is 4. The zero-order valence-corrected chi connectivity index (χ0v) is 17.3. The van der Waals surface area contributed by atoms with Crippen molar-refractivity contribution < 1.29 is 14.4 Å². The lowest BCUT2D eigenvalue weighted by Crippen LogP contribution is -3.14. The first-order valence-electron chi connectivity index (χ1n) is 9.36. The van der Waals surface area contributed by atoms with Crippen LogP contribution in [0.2, 0.25) is 0 Å². The number of piperazine rings is 1. The van der Waals surface area contributed by atoms with Crippen LogP contribution >= 0.6 is 11.8 Å². The molecule has 1 aromatic heterocycles. The van der Waals surface area contributed by atoms with Gasteiger partial charge in [-0.2, -0.15) is 0 Å². The molecular weight excluding hydrogens is 362 g/mol. The summed E-state index contributed by atoms with van der Waals surface area (Å²) < 4.78 is 7.14. The monoisotopic (exact) mass is 390 g/mol. The number of amides is 1. The largest absolute Gasteiger partial charge is 0.497 e. The Morgan fingerprint density at radius 1 is 1.26 bits per heavy atom. The number of thioether (sulfide) groups is 1. The topological polar surface area (TPSA) is 64.7 Å². The zero-order chi connectivity index (χ0) is 19.4. The van der Waals surface area contributed by atoms with Crippen molar-refractivity contribution in [3.05, 3.63) is 24.3 Å². The van der Waals surface area contributed by atoms with Crippen LogP contribution in [0.3, 0.4) is 0 Å². The molecule has 27 heavy (non-hydrogen) atoms. The second-order valence-electron chi connectivity index (χ2n) is 6.78. The van der Waals surface area contributed by atoms with Gasteiger partial charge in [-0.15, -0.1) is 10.2 Å². The van der Waals surface area contributed by atoms with E-state index in [1.165, 1.54) is 11.8 Å². The number of benzene rings is 1. The number of quaternary nitrogens is 1. The van der Waals surface area contributed by atoms with Gasteiger partial charge in [-0.3, -0.25) is 4.79 Å². The third-order valence-corrected chi connectivity index (χ3v) is 6.22. The summed E-state index contributed by atoms with van der Waals surface area (Å²) in [6.07, 6.45) is 0. The van der Waals surface area contributed by atoms with Gasteiger partial charge in [-0.1, -0.05) is 11.8 Å². The summed E-state index contributed by atoms with van der Waals surface area (Å²) in [5, 5.41) is 9.18. The van der Waals surface area contributed by atoms with Crippen LogP contribution in [-0.4, -0.2) is 70.7 Å². The molecule has 0 radical (unpaired) electrons. The van der Waals surface area contributed by atoms with Gasteiger partial charge in [-0.25, -0.2) is 0 Å². The molecule has 8 heteroatoms. The molecule has 146 valence electrons. The summed E-state index contributed by atoms with van der Waals surface area (Å²) >= 11 is 1.47. The maximum Gasteiger partial charge on any atom is 0.236 e. The molecular formula is C19H28N5O2S+. The predicted octanol–water partition coefficient (Wildman–Crippen LogP) is 0.718. The SMILES string of the molecule is CC[NH+]1CCN(C(=O)[C@@H](C)Sc2nnc(-c3ccc(OC)cc3)n2C)CC1. The number of hydrogen-bond donors (Lipinski definition) is 1. The molecule has 1 aliphatic heterocycles. The molecule has 1 amide bonds. The fourth-order valence-electron chi connectivity index (χ4n) is 3.27. The Balaban J connectivity index is 1.65. The molecule has 0 unspecified atom stereocenters. The first-order valence-corrected chi connectivity index (χ1v) is 10.2. The van der Waals surface area contributed by atoms with Crippen molar-refractivity contribution in [2.24, 2.45) is 7.05 Å². The lowest BCUT2D eigenvalue weighted by atomic mass is 10.2. The number of ether oxygens (including phenoxy) is 1. The van der Waals surface area contributed by atoms with Gasteiger partial charge >= 0.3 is 0 Å². The molecule has 7 nitrogen and oxygen atoms in total. The van der Waals surface area contributed by atoms with Crippen molar-refractivity contribution in [1.82, 2.24) is 19.7 Å². The highest BCUT2D eigenvalue weighted by Gasteiger charge is 2.28. The summed E-state index contributed by atoms with van der Waals surface area (Å²) in [4.78, 5) is 16.3. The van der Waals surface area contributed by atoms with E-state index in [9.17, 15) is 4.79 Å². The van der Waals surface area contributed by atoms with E-state index in [0.717, 1.165) is 55.0 Å². The van der Waals surface area contributed by atoms with Gasteiger partial charge in [0.2, 0.25) is 5.91 Å². The predicted molar refractivity (Wildman–Crippen MR) is 106 cm³/mol. The molecule has 2 aromatic rings. The van der Waals surface area contributed by atoms with Crippen LogP contribution in [-0.2, 0) is 11.8 Å². The molecule has 0 spiro atoms. The number of likely N-dealkylation sites (N-methyl/N-ethyl adjacent to an activating group) is 1. The molecule has 1 aliphatic rings. The lowest BCUT2D eigenvalue weighted by Gasteiger charge is -2.32. The summed E-state index contributed by atoms with van der Waals surface area (Å²) in [6.45, 7) is 9.01. The Morgan fingerprint density at radius 2 is 1.93 bits per heavy atom. The van der Waals surface area contributed by atoms with Crippen molar-refractivity contribution in [3.63, 3.8) is 0 Å². The molecule has 2 heterocycles. The lowest BCUT2D eigenvalue weighted by molar-refractivity contribution is -0.902. The molecule has 1 aromatic carbocycles. The third-order valence-electron chi connectivity index (χ3n) is 5.10. The fraction of sp³-hybridized carbons (Fsp3) is 0.526. The van der Waals surface area contributed by atoms with Crippen LogP contribution in [0, 0.1) is 0 Å². The van der Waals surface area contributed by atoms with Crippen LogP contribution in [0.5, 0.6) is 5.75 Å². The first kappa shape index (κ1) is 19.7. The van der Waals surface area contributed by atoms with E-state index in [-0.39, 0.29) is 11.2 Å². The summed E-state index contributed by atoms with van der Waals surface area (Å²) in [5.41, 5.74) is 0.968. The number of methoxy groups -OCH3 is 1. The average molecular weight is 391 g/mol. The number of carbonyl (C=O) groups is 1. The minimum Gasteiger partial charge on any atom is -0.497 e. The summed E-state index contributed by atoms with van der Waals surface area (Å²) in [6, 6.07) is 7.73. The summed E-state index contributed by atoms with van der Waals surface area (Å²) in [7, 11) is 3.58. The minimum absolute atomic E-state index is 0.181. The minimum atomic E-state index is -0.181. The van der Waals surface area contributed by atoms with Crippen LogP contribution in [0.4, 0.5) is 0 Å². The standard InChI is InChI=1S/C19H27N5O2S/c1-5-23-10-12-24(13-11-23)18(25)14(2)27-19-21-20-17(22(19)3)15-6-8-16(26-4)9-7-15/h6-9,14H,5,10-13H2,1-4H3/p+1/t14-/m1/s1. The molecule has 1 fully saturated rings. The molecule has 0 bridgehead atoms. The van der Waals surface area contributed by atoms with Gasteiger partial charge in [0.1, 0.15) is 5.75 Å². The number of aromatic nitrogens is 3. The second kappa shape index (κ2) is 8.75. The molecule has 3 rings (SSSR count). The normalized spacial score (nSPS) is 16.4. The van der Waals surface area contributed by atoms with E-state index >= 15 is 0 Å². The van der Waals surface area contributed by atoms with Crippen LogP contribution in [0.15, 0.2) is 29.4 Å². The highest BCUT2D eigenvalue weighted by atomic mass is 32.2. The summed E-state index contributed by atoms with van der Waals surface area (Å²) in [5.74, 6) is 1.77. The maximum atomic E-state index is 12.8. The quantitative estimate of drug-likeness (QED) is 0.737. The van der Waals surface area contributed by atoms with Crippen molar-refractivity contribution in [2.75, 3.05) is 39.8 Å².